The largest absolute Gasteiger partial charge is 0.389 e. The molecule has 0 saturated heterocycles. The van der Waals surface area contributed by atoms with Crippen LogP contribution in [-0.2, 0) is 15.8 Å². The first-order chi connectivity index (χ1) is 9.77. The van der Waals surface area contributed by atoms with E-state index in [0.717, 1.165) is 10.6 Å². The molecule has 2 rings (SSSR count). The first-order valence-corrected chi connectivity index (χ1v) is 8.98. The van der Waals surface area contributed by atoms with Gasteiger partial charge in [0.05, 0.1) is 11.4 Å². The van der Waals surface area contributed by atoms with Crippen molar-refractivity contribution < 1.29 is 8.42 Å². The van der Waals surface area contributed by atoms with Crippen molar-refractivity contribution in [3.05, 3.63) is 46.0 Å². The molecule has 0 aliphatic heterocycles. The summed E-state index contributed by atoms with van der Waals surface area (Å²) in [5.41, 5.74) is 7.71. The highest BCUT2D eigenvalue weighted by molar-refractivity contribution is 7.92. The standard InChI is InChI=1S/C13H15N3O2S3/c1-8-9(2)20-13(15-8)16-21(17,18)7-10-3-5-11(6-4-10)12(14)19/h3-6H,7H2,1-2H3,(H2,14,19)(H,15,16). The van der Waals surface area contributed by atoms with Gasteiger partial charge in [0.2, 0.25) is 10.0 Å². The van der Waals surface area contributed by atoms with E-state index in [9.17, 15) is 8.42 Å². The number of sulfonamides is 1. The van der Waals surface area contributed by atoms with Gasteiger partial charge < -0.3 is 5.73 Å². The van der Waals surface area contributed by atoms with Crippen LogP contribution < -0.4 is 10.5 Å². The number of nitrogens with zero attached hydrogens (tertiary/aromatic N) is 1. The lowest BCUT2D eigenvalue weighted by Gasteiger charge is -2.06. The zero-order chi connectivity index (χ0) is 15.6. The molecule has 0 spiro atoms. The van der Waals surface area contributed by atoms with E-state index in [4.69, 9.17) is 18.0 Å². The molecule has 0 amide bonds. The van der Waals surface area contributed by atoms with Crippen LogP contribution in [0.4, 0.5) is 5.13 Å². The van der Waals surface area contributed by atoms with Crippen LogP contribution in [0, 0.1) is 13.8 Å². The summed E-state index contributed by atoms with van der Waals surface area (Å²) < 4.78 is 26.7. The second-order valence-electron chi connectivity index (χ2n) is 4.58. The maximum absolute atomic E-state index is 12.1. The molecule has 5 nitrogen and oxygen atoms in total. The summed E-state index contributed by atoms with van der Waals surface area (Å²) in [5.74, 6) is -0.123. The van der Waals surface area contributed by atoms with Crippen LogP contribution in [0.25, 0.3) is 0 Å². The third-order valence-electron chi connectivity index (χ3n) is 2.87. The lowest BCUT2D eigenvalue weighted by Crippen LogP contribution is -2.15. The van der Waals surface area contributed by atoms with Crippen LogP contribution >= 0.6 is 23.6 Å². The van der Waals surface area contributed by atoms with Gasteiger partial charge in [0.25, 0.3) is 0 Å². The maximum atomic E-state index is 12.1. The Labute approximate surface area is 133 Å². The summed E-state index contributed by atoms with van der Waals surface area (Å²) in [6.07, 6.45) is 0. The highest BCUT2D eigenvalue weighted by atomic mass is 32.2. The van der Waals surface area contributed by atoms with Crippen molar-refractivity contribution in [3.63, 3.8) is 0 Å². The number of rotatable bonds is 5. The molecule has 112 valence electrons. The Balaban J connectivity index is 2.11. The molecule has 0 saturated carbocycles. The molecule has 0 unspecified atom stereocenters. The number of aryl methyl sites for hydroxylation is 2. The molecule has 0 fully saturated rings. The molecular formula is C13H15N3O2S3. The van der Waals surface area contributed by atoms with E-state index in [-0.39, 0.29) is 10.7 Å². The Hall–Kier alpha value is -1.51. The molecule has 3 N–H and O–H groups in total. The summed E-state index contributed by atoms with van der Waals surface area (Å²) in [6, 6.07) is 6.83. The van der Waals surface area contributed by atoms with Crippen LogP contribution in [0.3, 0.4) is 0 Å². The SMILES string of the molecule is Cc1nc(NS(=O)(=O)Cc2ccc(C(N)=S)cc2)sc1C. The van der Waals surface area contributed by atoms with Crippen LogP contribution in [0.2, 0.25) is 0 Å². The minimum absolute atomic E-state index is 0.123. The molecule has 2 aromatic rings. The predicted octanol–water partition coefficient (Wildman–Crippen LogP) is 2.34. The van der Waals surface area contributed by atoms with Gasteiger partial charge in [-0.05, 0) is 19.4 Å². The van der Waals surface area contributed by atoms with Gasteiger partial charge in [-0.2, -0.15) is 0 Å². The molecule has 21 heavy (non-hydrogen) atoms. The van der Waals surface area contributed by atoms with Crippen molar-refractivity contribution in [3.8, 4) is 0 Å². The molecular weight excluding hydrogens is 326 g/mol. The molecule has 0 bridgehead atoms. The van der Waals surface area contributed by atoms with E-state index in [1.54, 1.807) is 24.3 Å². The van der Waals surface area contributed by atoms with Crippen LogP contribution in [0.15, 0.2) is 24.3 Å². The monoisotopic (exact) mass is 341 g/mol. The van der Waals surface area contributed by atoms with Gasteiger partial charge in [0.15, 0.2) is 5.13 Å². The number of nitrogens with one attached hydrogen (secondary N) is 1. The van der Waals surface area contributed by atoms with E-state index in [2.05, 4.69) is 9.71 Å². The Bertz CT molecular complexity index is 745. The van der Waals surface area contributed by atoms with Gasteiger partial charge in [-0.3, -0.25) is 4.72 Å². The zero-order valence-electron chi connectivity index (χ0n) is 11.6. The maximum Gasteiger partial charge on any atom is 0.238 e. The smallest absolute Gasteiger partial charge is 0.238 e. The summed E-state index contributed by atoms with van der Waals surface area (Å²) in [6.45, 7) is 3.75. The van der Waals surface area contributed by atoms with Crippen molar-refractivity contribution in [2.75, 3.05) is 4.72 Å². The van der Waals surface area contributed by atoms with Gasteiger partial charge in [-0.1, -0.05) is 36.5 Å². The summed E-state index contributed by atoms with van der Waals surface area (Å²) in [4.78, 5) is 5.45. The summed E-state index contributed by atoms with van der Waals surface area (Å²) in [5, 5.41) is 0.393. The summed E-state index contributed by atoms with van der Waals surface area (Å²) >= 11 is 6.18. The van der Waals surface area contributed by atoms with Gasteiger partial charge in [0, 0.05) is 10.4 Å². The number of nitrogens with two attached hydrogens (primary N) is 1. The van der Waals surface area contributed by atoms with E-state index in [1.165, 1.54) is 11.3 Å². The Morgan fingerprint density at radius 1 is 1.33 bits per heavy atom. The van der Waals surface area contributed by atoms with E-state index >= 15 is 0 Å². The fourth-order valence-electron chi connectivity index (χ4n) is 1.67. The number of aromatic nitrogens is 1. The van der Waals surface area contributed by atoms with E-state index < -0.39 is 10.0 Å². The number of benzene rings is 1. The van der Waals surface area contributed by atoms with E-state index in [1.807, 2.05) is 13.8 Å². The van der Waals surface area contributed by atoms with Crippen molar-refractivity contribution in [2.24, 2.45) is 5.73 Å². The molecule has 0 atom stereocenters. The summed E-state index contributed by atoms with van der Waals surface area (Å²) in [7, 11) is -3.49. The molecule has 0 aliphatic carbocycles. The fraction of sp³-hybridized carbons (Fsp3) is 0.231. The van der Waals surface area contributed by atoms with Crippen LogP contribution in [-0.4, -0.2) is 18.4 Å². The van der Waals surface area contributed by atoms with Gasteiger partial charge >= 0.3 is 0 Å². The van der Waals surface area contributed by atoms with Gasteiger partial charge in [-0.25, -0.2) is 13.4 Å². The van der Waals surface area contributed by atoms with Crippen LogP contribution in [0.1, 0.15) is 21.7 Å². The molecule has 0 aliphatic rings. The first-order valence-electron chi connectivity index (χ1n) is 6.10. The minimum atomic E-state index is -3.49. The molecule has 1 aromatic heterocycles. The second-order valence-corrected chi connectivity index (χ2v) is 7.95. The van der Waals surface area contributed by atoms with Crippen molar-refractivity contribution in [2.45, 2.75) is 19.6 Å². The third kappa shape index (κ3) is 4.23. The Morgan fingerprint density at radius 3 is 2.43 bits per heavy atom. The predicted molar refractivity (Wildman–Crippen MR) is 90.2 cm³/mol. The highest BCUT2D eigenvalue weighted by Gasteiger charge is 2.15. The lowest BCUT2D eigenvalue weighted by molar-refractivity contribution is 0.600. The zero-order valence-corrected chi connectivity index (χ0v) is 14.0. The number of hydrogen-bond donors (Lipinski definition) is 2. The molecule has 8 heteroatoms. The van der Waals surface area contributed by atoms with E-state index in [0.29, 0.717) is 16.3 Å². The first kappa shape index (κ1) is 15.9. The quantitative estimate of drug-likeness (QED) is 0.815. The van der Waals surface area contributed by atoms with Gasteiger partial charge in [0.1, 0.15) is 4.99 Å². The third-order valence-corrected chi connectivity index (χ3v) is 5.44. The van der Waals surface area contributed by atoms with Crippen molar-refractivity contribution in [1.29, 1.82) is 0 Å². The molecule has 1 aromatic carbocycles. The van der Waals surface area contributed by atoms with Crippen molar-refractivity contribution in [1.82, 2.24) is 4.98 Å². The Kier molecular flexibility index (Phi) is 4.60. The Morgan fingerprint density at radius 2 is 1.95 bits per heavy atom. The minimum Gasteiger partial charge on any atom is -0.389 e. The second kappa shape index (κ2) is 6.08. The molecule has 0 radical (unpaired) electrons. The number of anilines is 1. The number of hydrogen-bond acceptors (Lipinski definition) is 5. The highest BCUT2D eigenvalue weighted by Crippen LogP contribution is 2.22. The topological polar surface area (TPSA) is 85.1 Å². The lowest BCUT2D eigenvalue weighted by atomic mass is 10.1. The van der Waals surface area contributed by atoms with Crippen LogP contribution in [0.5, 0.6) is 0 Å². The number of thiazole rings is 1. The number of thiocarbonyl (C=S) groups is 1. The average Bonchev–Trinajstić information content (AvgIpc) is 2.67. The average molecular weight is 341 g/mol. The van der Waals surface area contributed by atoms with Gasteiger partial charge in [-0.15, -0.1) is 11.3 Å². The fourth-order valence-corrected chi connectivity index (χ4v) is 4.03. The van der Waals surface area contributed by atoms with Crippen molar-refractivity contribution >= 4 is 43.7 Å². The molecule has 1 heterocycles. The normalized spacial score (nSPS) is 11.3.